The predicted molar refractivity (Wildman–Crippen MR) is 91.7 cm³/mol. The number of nitrogens with one attached hydrogen (secondary N) is 2. The topological polar surface area (TPSA) is 53.1 Å². The van der Waals surface area contributed by atoms with Gasteiger partial charge in [-0.2, -0.15) is 13.2 Å². The molecule has 0 amide bonds. The number of para-hydroxylation sites is 1. The van der Waals surface area contributed by atoms with Crippen molar-refractivity contribution in [2.75, 3.05) is 38.0 Å². The molecule has 25 heavy (non-hydrogen) atoms. The lowest BCUT2D eigenvalue weighted by atomic mass is 10.1. The normalized spacial score (nSPS) is 17.6. The molecule has 5 nitrogen and oxygen atoms in total. The van der Waals surface area contributed by atoms with Gasteiger partial charge in [0, 0.05) is 44.2 Å². The zero-order valence-corrected chi connectivity index (χ0v) is 14.3. The number of benzene rings is 1. The van der Waals surface area contributed by atoms with Crippen molar-refractivity contribution in [1.82, 2.24) is 20.2 Å². The predicted octanol–water partition coefficient (Wildman–Crippen LogP) is 2.66. The summed E-state index contributed by atoms with van der Waals surface area (Å²) in [5.74, 6) is 0.775. The molecule has 0 saturated carbocycles. The highest BCUT2D eigenvalue weighted by Gasteiger charge is 2.33. The van der Waals surface area contributed by atoms with Gasteiger partial charge in [0.15, 0.2) is 0 Å². The number of piperazine rings is 1. The molecule has 1 fully saturated rings. The second kappa shape index (κ2) is 7.13. The number of nitrogens with zero attached hydrogens (tertiary/aromatic N) is 3. The quantitative estimate of drug-likeness (QED) is 0.885. The lowest BCUT2D eigenvalue weighted by molar-refractivity contribution is -0.136. The maximum Gasteiger partial charge on any atom is 0.418 e. The number of anilines is 1. The van der Waals surface area contributed by atoms with E-state index < -0.39 is 11.7 Å². The first-order valence-electron chi connectivity index (χ1n) is 8.39. The highest BCUT2D eigenvalue weighted by molar-refractivity contribution is 5.91. The number of hydrogen-bond donors (Lipinski definition) is 2. The van der Waals surface area contributed by atoms with E-state index in [1.165, 1.54) is 6.07 Å². The zero-order chi connectivity index (χ0) is 18.0. The average molecular weight is 353 g/mol. The van der Waals surface area contributed by atoms with Gasteiger partial charge in [-0.25, -0.2) is 9.97 Å². The first-order chi connectivity index (χ1) is 11.8. The molecule has 2 N–H and O–H groups in total. The van der Waals surface area contributed by atoms with Crippen LogP contribution < -0.4 is 10.6 Å². The summed E-state index contributed by atoms with van der Waals surface area (Å²) in [4.78, 5) is 10.7. The number of aromatic nitrogens is 2. The number of fused-ring (bicyclic) bond motifs is 1. The molecule has 0 radical (unpaired) electrons. The fourth-order valence-electron chi connectivity index (χ4n) is 3.16. The Morgan fingerprint density at radius 3 is 2.64 bits per heavy atom. The van der Waals surface area contributed by atoms with Crippen LogP contribution in [0.2, 0.25) is 0 Å². The molecule has 8 heteroatoms. The minimum atomic E-state index is -4.44. The van der Waals surface area contributed by atoms with Crippen LogP contribution in [0, 0.1) is 6.92 Å². The van der Waals surface area contributed by atoms with Crippen LogP contribution in [0.4, 0.5) is 19.0 Å². The van der Waals surface area contributed by atoms with Crippen molar-refractivity contribution in [3.05, 3.63) is 29.6 Å². The molecule has 1 atom stereocenters. The minimum Gasteiger partial charge on any atom is -0.366 e. The molecule has 1 aliphatic heterocycles. The summed E-state index contributed by atoms with van der Waals surface area (Å²) in [6.07, 6.45) is -4.44. The number of halogens is 3. The smallest absolute Gasteiger partial charge is 0.366 e. The monoisotopic (exact) mass is 353 g/mol. The van der Waals surface area contributed by atoms with Gasteiger partial charge in [-0.15, -0.1) is 0 Å². The lowest BCUT2D eigenvalue weighted by Crippen LogP contribution is -2.47. The van der Waals surface area contributed by atoms with Crippen molar-refractivity contribution < 1.29 is 13.2 Å². The minimum absolute atomic E-state index is 0.0561. The first kappa shape index (κ1) is 17.9. The maximum atomic E-state index is 13.3. The molecule has 0 bridgehead atoms. The summed E-state index contributed by atoms with van der Waals surface area (Å²) in [6, 6.07) is 4.15. The van der Waals surface area contributed by atoms with Crippen molar-refractivity contribution in [2.24, 2.45) is 0 Å². The molecule has 1 saturated heterocycles. The van der Waals surface area contributed by atoms with E-state index in [1.54, 1.807) is 13.0 Å². The summed E-state index contributed by atoms with van der Waals surface area (Å²) >= 11 is 0. The summed E-state index contributed by atoms with van der Waals surface area (Å²) < 4.78 is 39.8. The van der Waals surface area contributed by atoms with Crippen molar-refractivity contribution in [2.45, 2.75) is 26.1 Å². The van der Waals surface area contributed by atoms with Crippen LogP contribution in [0.3, 0.4) is 0 Å². The molecule has 2 heterocycles. The van der Waals surface area contributed by atoms with Crippen LogP contribution in [0.25, 0.3) is 10.9 Å². The first-order valence-corrected chi connectivity index (χ1v) is 8.39. The fraction of sp³-hybridized carbons (Fsp3) is 0.529. The Balaban J connectivity index is 1.88. The molecular formula is C17H22F3N5. The fourth-order valence-corrected chi connectivity index (χ4v) is 3.16. The zero-order valence-electron chi connectivity index (χ0n) is 14.3. The Morgan fingerprint density at radius 1 is 1.24 bits per heavy atom. The number of rotatable bonds is 4. The van der Waals surface area contributed by atoms with Crippen LogP contribution in [0.1, 0.15) is 18.3 Å². The molecule has 0 aliphatic carbocycles. The van der Waals surface area contributed by atoms with E-state index in [-0.39, 0.29) is 11.6 Å². The van der Waals surface area contributed by atoms with Gasteiger partial charge >= 0.3 is 6.18 Å². The van der Waals surface area contributed by atoms with E-state index in [0.717, 1.165) is 38.8 Å². The lowest BCUT2D eigenvalue weighted by Gasteiger charge is -2.30. The van der Waals surface area contributed by atoms with Gasteiger partial charge in [-0.05, 0) is 26.0 Å². The van der Waals surface area contributed by atoms with Crippen molar-refractivity contribution in [3.8, 4) is 0 Å². The largest absolute Gasteiger partial charge is 0.418 e. The SMILES string of the molecule is Cc1nc(N[C@@H](C)CN2CCNCC2)c2cccc(C(F)(F)F)c2n1. The van der Waals surface area contributed by atoms with E-state index >= 15 is 0 Å². The van der Waals surface area contributed by atoms with Crippen molar-refractivity contribution in [1.29, 1.82) is 0 Å². The third kappa shape index (κ3) is 4.19. The van der Waals surface area contributed by atoms with E-state index in [4.69, 9.17) is 0 Å². The summed E-state index contributed by atoms with van der Waals surface area (Å²) in [7, 11) is 0. The third-order valence-corrected chi connectivity index (χ3v) is 4.27. The van der Waals surface area contributed by atoms with Gasteiger partial charge in [0.05, 0.1) is 11.1 Å². The van der Waals surface area contributed by atoms with E-state index in [0.29, 0.717) is 17.0 Å². The van der Waals surface area contributed by atoms with E-state index in [1.807, 2.05) is 6.92 Å². The molecule has 2 aromatic rings. The van der Waals surface area contributed by atoms with Crippen LogP contribution in [0.5, 0.6) is 0 Å². The summed E-state index contributed by atoms with van der Waals surface area (Å²) in [5, 5.41) is 6.97. The number of alkyl halides is 3. The Hall–Kier alpha value is -1.93. The van der Waals surface area contributed by atoms with Gasteiger partial charge in [0.2, 0.25) is 0 Å². The van der Waals surface area contributed by atoms with Gasteiger partial charge in [-0.3, -0.25) is 4.90 Å². The summed E-state index contributed by atoms with van der Waals surface area (Å²) in [5.41, 5.74) is -0.785. The second-order valence-electron chi connectivity index (χ2n) is 6.41. The number of hydrogen-bond acceptors (Lipinski definition) is 5. The molecule has 0 unspecified atom stereocenters. The second-order valence-corrected chi connectivity index (χ2v) is 6.41. The van der Waals surface area contributed by atoms with Crippen LogP contribution in [0.15, 0.2) is 18.2 Å². The molecular weight excluding hydrogens is 331 g/mol. The Morgan fingerprint density at radius 2 is 1.96 bits per heavy atom. The molecule has 0 spiro atoms. The van der Waals surface area contributed by atoms with Gasteiger partial charge in [-0.1, -0.05) is 6.07 Å². The molecule has 1 aromatic heterocycles. The standard InChI is InChI=1S/C17H22F3N5/c1-11(10-25-8-6-21-7-9-25)22-16-13-4-3-5-14(17(18,19)20)15(13)23-12(2)24-16/h3-5,11,21H,6-10H2,1-2H3,(H,22,23,24)/t11-/m0/s1. The van der Waals surface area contributed by atoms with Crippen LogP contribution in [-0.2, 0) is 6.18 Å². The van der Waals surface area contributed by atoms with E-state index in [2.05, 4.69) is 25.5 Å². The van der Waals surface area contributed by atoms with E-state index in [9.17, 15) is 13.2 Å². The van der Waals surface area contributed by atoms with Gasteiger partial charge in [0.1, 0.15) is 11.6 Å². The number of aryl methyl sites for hydroxylation is 1. The Bertz CT molecular complexity index is 741. The highest BCUT2D eigenvalue weighted by Crippen LogP contribution is 2.35. The molecule has 3 rings (SSSR count). The molecule has 1 aliphatic rings. The average Bonchev–Trinajstić information content (AvgIpc) is 2.54. The maximum absolute atomic E-state index is 13.3. The third-order valence-electron chi connectivity index (χ3n) is 4.27. The Labute approximate surface area is 144 Å². The van der Waals surface area contributed by atoms with Crippen molar-refractivity contribution in [3.63, 3.8) is 0 Å². The van der Waals surface area contributed by atoms with Gasteiger partial charge < -0.3 is 10.6 Å². The highest BCUT2D eigenvalue weighted by atomic mass is 19.4. The van der Waals surface area contributed by atoms with Crippen molar-refractivity contribution >= 4 is 16.7 Å². The Kier molecular flexibility index (Phi) is 5.10. The van der Waals surface area contributed by atoms with Gasteiger partial charge in [0.25, 0.3) is 0 Å². The summed E-state index contributed by atoms with van der Waals surface area (Å²) in [6.45, 7) is 8.28. The van der Waals surface area contributed by atoms with Crippen LogP contribution in [-0.4, -0.2) is 53.6 Å². The molecule has 1 aromatic carbocycles. The van der Waals surface area contributed by atoms with Crippen LogP contribution >= 0.6 is 0 Å². The molecule has 136 valence electrons.